The predicted molar refractivity (Wildman–Crippen MR) is 285 cm³/mol. The molecule has 5 fully saturated rings. The molecule has 3 atom stereocenters. The van der Waals surface area contributed by atoms with E-state index in [1.165, 1.54) is 0 Å². The zero-order valence-corrected chi connectivity index (χ0v) is 45.0. The van der Waals surface area contributed by atoms with Crippen molar-refractivity contribution in [2.24, 2.45) is 5.41 Å². The number of hydrogen-bond acceptors (Lipinski definition) is 16. The van der Waals surface area contributed by atoms with Crippen LogP contribution in [0.15, 0.2) is 72.9 Å². The average molecular weight is 1040 g/mol. The van der Waals surface area contributed by atoms with E-state index in [2.05, 4.69) is 52.6 Å². The number of ether oxygens (including phenoxy) is 4. The molecule has 2 unspecified atom stereocenters. The van der Waals surface area contributed by atoms with Crippen molar-refractivity contribution in [2.45, 2.75) is 146 Å². The van der Waals surface area contributed by atoms with Crippen LogP contribution in [-0.2, 0) is 30.5 Å². The number of anilines is 4. The minimum atomic E-state index is -1.15. The van der Waals surface area contributed by atoms with Gasteiger partial charge in [-0.2, -0.15) is 0 Å². The van der Waals surface area contributed by atoms with Crippen molar-refractivity contribution < 1.29 is 62.5 Å². The van der Waals surface area contributed by atoms with Gasteiger partial charge in [-0.1, -0.05) is 43.5 Å². The van der Waals surface area contributed by atoms with Gasteiger partial charge in [0.25, 0.3) is 0 Å². The summed E-state index contributed by atoms with van der Waals surface area (Å²) in [6.45, 7) is 9.60. The van der Waals surface area contributed by atoms with Gasteiger partial charge in [0.05, 0.1) is 23.6 Å². The van der Waals surface area contributed by atoms with Gasteiger partial charge in [-0.25, -0.2) is 16.1 Å². The molecular weight excluding hydrogens is 964 g/mol. The summed E-state index contributed by atoms with van der Waals surface area (Å²) in [7, 11) is 4.00. The smallest absolute Gasteiger partial charge is 0.870 e. The molecule has 2 saturated carbocycles. The van der Waals surface area contributed by atoms with Crippen LogP contribution in [0.1, 0.15) is 103 Å². The molecule has 3 aliphatic heterocycles. The minimum absolute atomic E-state index is 0. The van der Waals surface area contributed by atoms with E-state index in [4.69, 9.17) is 24.7 Å². The van der Waals surface area contributed by atoms with Gasteiger partial charge in [0.2, 0.25) is 11.8 Å². The van der Waals surface area contributed by atoms with Crippen LogP contribution in [0.5, 0.6) is 11.6 Å². The number of nitrogen functional groups attached to an aromatic ring is 1. The van der Waals surface area contributed by atoms with Crippen molar-refractivity contribution in [1.82, 2.24) is 30.3 Å². The topological polar surface area (TPSA) is 237 Å². The van der Waals surface area contributed by atoms with Gasteiger partial charge in [-0.15, -0.1) is 10.2 Å². The van der Waals surface area contributed by atoms with Crippen LogP contribution in [0.4, 0.5) is 27.7 Å². The molecule has 404 valence electrons. The predicted octanol–water partition coefficient (Wildman–Crippen LogP) is 4.15. The van der Waals surface area contributed by atoms with Gasteiger partial charge in [-0.3, -0.25) is 9.59 Å². The molecule has 5 aliphatic rings. The molecule has 76 heavy (non-hydrogen) atoms. The molecule has 4 aromatic rings. The van der Waals surface area contributed by atoms with Gasteiger partial charge in [0.15, 0.2) is 11.7 Å². The number of likely N-dealkylation sites (tertiary alicyclic amines) is 1. The Kier molecular flexibility index (Phi) is 19.3. The molecule has 2 aromatic carbocycles. The number of para-hydroxylation sites is 1. The molecule has 0 spiro atoms. The fourth-order valence-electron chi connectivity index (χ4n) is 10.7. The molecule has 2 aromatic heterocycles. The summed E-state index contributed by atoms with van der Waals surface area (Å²) >= 11 is 0. The third kappa shape index (κ3) is 14.1. The molecule has 5 heterocycles. The molecule has 2 bridgehead atoms. The molecule has 3 saturated heterocycles. The van der Waals surface area contributed by atoms with E-state index < -0.39 is 23.0 Å². The van der Waals surface area contributed by atoms with E-state index in [-0.39, 0.29) is 73.3 Å². The summed E-state index contributed by atoms with van der Waals surface area (Å²) in [5, 5.41) is 14.8. The number of hydrogen-bond donors (Lipinski definition) is 3. The first-order chi connectivity index (χ1) is 35.6. The number of pyridine rings is 1. The number of fused-ring (bicyclic) bond motifs is 2. The van der Waals surface area contributed by atoms with Crippen LogP contribution in [-0.4, -0.2) is 144 Å². The average Bonchev–Trinajstić information content (AvgIpc) is 3.62. The first kappa shape index (κ1) is 57.7. The van der Waals surface area contributed by atoms with Crippen molar-refractivity contribution in [3.05, 3.63) is 78.5 Å². The van der Waals surface area contributed by atoms with E-state index in [1.807, 2.05) is 102 Å². The third-order valence-corrected chi connectivity index (χ3v) is 15.0. The third-order valence-electron chi connectivity index (χ3n) is 15.0. The van der Waals surface area contributed by atoms with E-state index in [1.54, 1.807) is 4.90 Å². The molecule has 20 heteroatoms. The molecule has 3 amide bonds. The SMILES string of the molecule is CN(C)CCCC[C@H](NC(=O)C1([C-]=O)CCC1)C(=O)Nc1ccc(COc2ccccc2-c2cc(N3CC4CCC(C3)N4c3ccnc(OC4CC(OC5CCN(C(=O)OC(C)(C)C)CC5)C4)c3)c(N)nn2)cc1.[Li+].[OH-]. The molecular formula is C56H74LiN10O9-. The fourth-order valence-corrected chi connectivity index (χ4v) is 10.7. The van der Waals surface area contributed by atoms with Crippen LogP contribution in [0.2, 0.25) is 0 Å². The van der Waals surface area contributed by atoms with Crippen molar-refractivity contribution >= 4 is 47.1 Å². The van der Waals surface area contributed by atoms with Gasteiger partial charge in [-0.05, 0) is 134 Å². The first-order valence-electron chi connectivity index (χ1n) is 26.5. The first-order valence-corrected chi connectivity index (χ1v) is 26.5. The Labute approximate surface area is 458 Å². The number of carbonyl (C=O) groups is 3. The van der Waals surface area contributed by atoms with Crippen LogP contribution < -0.4 is 54.5 Å². The number of piperazine rings is 1. The zero-order chi connectivity index (χ0) is 52.0. The van der Waals surface area contributed by atoms with Crippen molar-refractivity contribution in [2.75, 3.05) is 67.7 Å². The van der Waals surface area contributed by atoms with E-state index >= 15 is 0 Å². The normalized spacial score (nSPS) is 21.2. The minimum Gasteiger partial charge on any atom is -0.870 e. The van der Waals surface area contributed by atoms with Crippen LogP contribution in [0.3, 0.4) is 0 Å². The Morgan fingerprint density at radius 1 is 0.908 bits per heavy atom. The number of piperidine rings is 1. The van der Waals surface area contributed by atoms with Crippen molar-refractivity contribution in [3.63, 3.8) is 0 Å². The van der Waals surface area contributed by atoms with E-state index in [9.17, 15) is 19.2 Å². The quantitative estimate of drug-likeness (QED) is 0.0488. The standard InChI is InChI=1S/C56H73N10O8.Li.H2O/c1-55(2,3)74-54(70)64-27-21-42(22-28-64)72-43-30-44(31-43)73-50-29-39(20-25-58-50)66-40-18-19-41(66)34-65(33-40)48-32-47(61-62-51(48)57)45-11-6-7-13-49(45)71-35-37-14-16-38(17-15-37)59-52(68)46(12-8-9-26-63(4)5)60-53(69)56(36-67)23-10-24-56;;/h6-7,11,13-17,20,25,29,32,40-44,46H,8-10,12,18-19,21-24,26-28,30-31,33-35H2,1-5H3,(H2,57,62)(H,59,68)(H,60,69);;1H2/q-1;+1;/p-1/t40?,41?,43?,44?,46-;;/m0../s1. The number of nitrogens with two attached hydrogens (primary N) is 1. The summed E-state index contributed by atoms with van der Waals surface area (Å²) < 4.78 is 24.8. The summed E-state index contributed by atoms with van der Waals surface area (Å²) in [5.74, 6) is 0.890. The van der Waals surface area contributed by atoms with Gasteiger partial charge in [0.1, 0.15) is 30.1 Å². The maximum atomic E-state index is 13.6. The van der Waals surface area contributed by atoms with Crippen LogP contribution in [0, 0.1) is 5.41 Å². The van der Waals surface area contributed by atoms with Crippen molar-refractivity contribution in [3.8, 4) is 22.9 Å². The Balaban J connectivity index is 0.00000420. The summed E-state index contributed by atoms with van der Waals surface area (Å²) in [6.07, 6.45) is 12.9. The number of carbonyl (C=O) groups excluding carboxylic acids is 4. The number of nitrogens with one attached hydrogen (secondary N) is 2. The van der Waals surface area contributed by atoms with Gasteiger partial charge in [0, 0.05) is 80.3 Å². The van der Waals surface area contributed by atoms with Crippen LogP contribution >= 0.6 is 0 Å². The number of nitrogens with zero attached hydrogens (tertiary/aromatic N) is 7. The number of aromatic nitrogens is 3. The number of rotatable bonds is 20. The maximum Gasteiger partial charge on any atom is 1.00 e. The second-order valence-corrected chi connectivity index (χ2v) is 22.0. The van der Waals surface area contributed by atoms with E-state index in [0.29, 0.717) is 61.2 Å². The fraction of sp³-hybridized carbons (Fsp3) is 0.554. The molecule has 2 aliphatic carbocycles. The molecule has 19 nitrogen and oxygen atoms in total. The summed E-state index contributed by atoms with van der Waals surface area (Å²) in [6, 6.07) is 21.1. The van der Waals surface area contributed by atoms with Crippen LogP contribution in [0.25, 0.3) is 11.3 Å². The number of amides is 3. The molecule has 5 N–H and O–H groups in total. The largest absolute Gasteiger partial charge is 1.00 e. The van der Waals surface area contributed by atoms with Gasteiger partial charge < -0.3 is 65.2 Å². The molecule has 0 radical (unpaired) electrons. The maximum absolute atomic E-state index is 13.6. The van der Waals surface area contributed by atoms with Gasteiger partial charge >= 0.3 is 25.0 Å². The zero-order valence-electron chi connectivity index (χ0n) is 45.0. The monoisotopic (exact) mass is 1040 g/mol. The van der Waals surface area contributed by atoms with E-state index in [0.717, 1.165) is 99.9 Å². The van der Waals surface area contributed by atoms with Crippen molar-refractivity contribution in [1.29, 1.82) is 0 Å². The molecule has 9 rings (SSSR count). The Morgan fingerprint density at radius 3 is 2.28 bits per heavy atom. The Hall–Kier alpha value is -5.97. The Morgan fingerprint density at radius 2 is 1.62 bits per heavy atom. The second-order valence-electron chi connectivity index (χ2n) is 22.0. The summed E-state index contributed by atoms with van der Waals surface area (Å²) in [5.41, 5.74) is 9.78. The summed E-state index contributed by atoms with van der Waals surface area (Å²) in [4.78, 5) is 64.2. The second kappa shape index (κ2) is 25.5. The Bertz CT molecular complexity index is 2590. The number of unbranched alkanes of at least 4 members (excludes halogenated alkanes) is 1. The number of benzene rings is 2.